The van der Waals surface area contributed by atoms with Crippen LogP contribution in [0.5, 0.6) is 0 Å². The first-order valence-corrected chi connectivity index (χ1v) is 14.4. The number of halogens is 3. The number of rotatable bonds is 6. The number of carboxylic acids is 1. The molecular weight excluding hydrogens is 619 g/mol. The van der Waals surface area contributed by atoms with E-state index in [1.54, 1.807) is 36.4 Å². The molecule has 2 N–H and O–H groups in total. The van der Waals surface area contributed by atoms with E-state index in [0.717, 1.165) is 24.2 Å². The maximum Gasteiger partial charge on any atom is 0.336 e. The van der Waals surface area contributed by atoms with E-state index in [2.05, 4.69) is 46.6 Å². The minimum absolute atomic E-state index is 0. The standard InChI is InChI=1S/C30H32N4O4S.3ClH/c1-19-5-6-21(3)28(15-19)33-11-13-34(14-12-33)29-18-26(30(35)36)25-17-23(8-10-27(25)31-29)32-39(37,38)24-9-7-20(2)22(4)16-24;;;/h5-10,15-18,32H,11-14H2,1-4H3,(H,35,36);3*1H. The monoisotopic (exact) mass is 652 g/mol. The van der Waals surface area contributed by atoms with Gasteiger partial charge in [0.2, 0.25) is 0 Å². The second-order valence-electron chi connectivity index (χ2n) is 10.2. The predicted molar refractivity (Wildman–Crippen MR) is 178 cm³/mol. The molecule has 0 unspecified atom stereocenters. The van der Waals surface area contributed by atoms with E-state index >= 15 is 0 Å². The summed E-state index contributed by atoms with van der Waals surface area (Å²) in [6.45, 7) is 11.0. The van der Waals surface area contributed by atoms with E-state index in [-0.39, 0.29) is 53.4 Å². The van der Waals surface area contributed by atoms with Gasteiger partial charge in [0.1, 0.15) is 5.82 Å². The fourth-order valence-corrected chi connectivity index (χ4v) is 6.08. The number of fused-ring (bicyclic) bond motifs is 1. The molecule has 0 radical (unpaired) electrons. The molecule has 1 fully saturated rings. The van der Waals surface area contributed by atoms with Crippen LogP contribution in [0.15, 0.2) is 65.6 Å². The smallest absolute Gasteiger partial charge is 0.336 e. The summed E-state index contributed by atoms with van der Waals surface area (Å²) in [6, 6.07) is 17.8. The van der Waals surface area contributed by atoms with Crippen molar-refractivity contribution in [3.8, 4) is 0 Å². The van der Waals surface area contributed by atoms with E-state index in [9.17, 15) is 18.3 Å². The Hall–Kier alpha value is -3.24. The van der Waals surface area contributed by atoms with E-state index in [4.69, 9.17) is 4.98 Å². The van der Waals surface area contributed by atoms with Crippen LogP contribution in [0.25, 0.3) is 10.9 Å². The van der Waals surface area contributed by atoms with Gasteiger partial charge in [-0.05, 0) is 92.4 Å². The van der Waals surface area contributed by atoms with Gasteiger partial charge in [0.25, 0.3) is 10.0 Å². The third kappa shape index (κ3) is 7.21. The molecule has 0 spiro atoms. The van der Waals surface area contributed by atoms with Crippen molar-refractivity contribution in [1.82, 2.24) is 4.98 Å². The summed E-state index contributed by atoms with van der Waals surface area (Å²) in [4.78, 5) is 21.6. The first kappa shape index (κ1) is 35.0. The Morgan fingerprint density at radius 1 is 0.786 bits per heavy atom. The summed E-state index contributed by atoms with van der Waals surface area (Å²) in [7, 11) is -3.84. The molecule has 4 aromatic rings. The molecule has 0 atom stereocenters. The van der Waals surface area contributed by atoms with Crippen LogP contribution in [0.2, 0.25) is 0 Å². The summed E-state index contributed by atoms with van der Waals surface area (Å²) in [5.74, 6) is -0.490. The highest BCUT2D eigenvalue weighted by Crippen LogP contribution is 2.29. The molecule has 42 heavy (non-hydrogen) atoms. The third-order valence-corrected chi connectivity index (χ3v) is 8.75. The van der Waals surface area contributed by atoms with Crippen LogP contribution in [0.3, 0.4) is 0 Å². The highest BCUT2D eigenvalue weighted by molar-refractivity contribution is 7.92. The number of anilines is 3. The van der Waals surface area contributed by atoms with Gasteiger partial charge in [0, 0.05) is 42.9 Å². The van der Waals surface area contributed by atoms with Gasteiger partial charge in [0.05, 0.1) is 16.0 Å². The number of pyridine rings is 1. The van der Waals surface area contributed by atoms with Crippen LogP contribution in [0, 0.1) is 27.7 Å². The number of carboxylic acid groups (broad SMARTS) is 1. The Balaban J connectivity index is 0.00000205. The predicted octanol–water partition coefficient (Wildman–Crippen LogP) is 6.56. The van der Waals surface area contributed by atoms with E-state index in [1.807, 2.05) is 13.8 Å². The normalized spacial score (nSPS) is 13.0. The molecule has 2 heterocycles. The minimum Gasteiger partial charge on any atom is -0.478 e. The van der Waals surface area contributed by atoms with Crippen LogP contribution in [0.1, 0.15) is 32.6 Å². The van der Waals surface area contributed by atoms with Crippen LogP contribution in [0.4, 0.5) is 17.2 Å². The summed E-state index contributed by atoms with van der Waals surface area (Å²) < 4.78 is 28.6. The van der Waals surface area contributed by atoms with Gasteiger partial charge in [-0.3, -0.25) is 4.72 Å². The molecule has 5 rings (SSSR count). The number of nitrogens with one attached hydrogen (secondary N) is 1. The lowest BCUT2D eigenvalue weighted by molar-refractivity contribution is 0.0699. The second kappa shape index (κ2) is 13.8. The van der Waals surface area contributed by atoms with Gasteiger partial charge in [0.15, 0.2) is 0 Å². The molecule has 226 valence electrons. The first-order chi connectivity index (χ1) is 18.5. The van der Waals surface area contributed by atoms with E-state index < -0.39 is 16.0 Å². The lowest BCUT2D eigenvalue weighted by Crippen LogP contribution is -2.47. The lowest BCUT2D eigenvalue weighted by atomic mass is 10.1. The number of benzene rings is 3. The SMILES string of the molecule is Cc1ccc(C)c(N2CCN(c3cc(C(=O)O)c4cc(NS(=O)(=O)c5ccc(C)c(C)c5)ccc4n3)CC2)c1.Cl.Cl.Cl. The van der Waals surface area contributed by atoms with E-state index in [1.165, 1.54) is 22.9 Å². The van der Waals surface area contributed by atoms with Crippen molar-refractivity contribution in [2.45, 2.75) is 32.6 Å². The van der Waals surface area contributed by atoms with Gasteiger partial charge in [-0.15, -0.1) is 37.2 Å². The number of nitrogens with zero attached hydrogens (tertiary/aromatic N) is 3. The summed E-state index contributed by atoms with van der Waals surface area (Å²) >= 11 is 0. The number of sulfonamides is 1. The van der Waals surface area contributed by atoms with Crippen LogP contribution in [-0.4, -0.2) is 50.7 Å². The summed E-state index contributed by atoms with van der Waals surface area (Å²) in [5, 5.41) is 10.4. The molecular formula is C30H35Cl3N4O4S. The fraction of sp³-hybridized carbons (Fsp3) is 0.267. The Morgan fingerprint density at radius 2 is 1.43 bits per heavy atom. The Kier molecular flexibility index (Phi) is 11.5. The minimum atomic E-state index is -3.84. The second-order valence-corrected chi connectivity index (χ2v) is 11.9. The molecule has 3 aromatic carbocycles. The summed E-state index contributed by atoms with van der Waals surface area (Å²) in [5.41, 5.74) is 6.40. The third-order valence-electron chi connectivity index (χ3n) is 7.38. The number of piperazine rings is 1. The number of aryl methyl sites for hydroxylation is 4. The maximum absolute atomic E-state index is 13.0. The maximum atomic E-state index is 13.0. The van der Waals surface area contributed by atoms with Crippen molar-refractivity contribution in [3.05, 3.63) is 88.5 Å². The molecule has 8 nitrogen and oxygen atoms in total. The van der Waals surface area contributed by atoms with E-state index in [0.29, 0.717) is 29.8 Å². The molecule has 12 heteroatoms. The van der Waals surface area contributed by atoms with Gasteiger partial charge < -0.3 is 14.9 Å². The molecule has 0 aliphatic carbocycles. The van der Waals surface area contributed by atoms with Crippen LogP contribution < -0.4 is 14.5 Å². The van der Waals surface area contributed by atoms with Crippen molar-refractivity contribution in [3.63, 3.8) is 0 Å². The van der Waals surface area contributed by atoms with Gasteiger partial charge >= 0.3 is 5.97 Å². The number of aromatic nitrogens is 1. The Morgan fingerprint density at radius 3 is 2.07 bits per heavy atom. The number of hydrogen-bond acceptors (Lipinski definition) is 6. The zero-order valence-electron chi connectivity index (χ0n) is 23.7. The van der Waals surface area contributed by atoms with Crippen molar-refractivity contribution >= 4 is 81.3 Å². The molecule has 0 bridgehead atoms. The van der Waals surface area contributed by atoms with Gasteiger partial charge in [-0.2, -0.15) is 0 Å². The largest absolute Gasteiger partial charge is 0.478 e. The van der Waals surface area contributed by atoms with Crippen molar-refractivity contribution in [2.24, 2.45) is 0 Å². The number of aromatic carboxylic acids is 1. The van der Waals surface area contributed by atoms with Gasteiger partial charge in [-0.1, -0.05) is 18.2 Å². The van der Waals surface area contributed by atoms with Crippen LogP contribution in [-0.2, 0) is 10.0 Å². The number of carbonyl (C=O) groups is 1. The quantitative estimate of drug-likeness (QED) is 0.243. The van der Waals surface area contributed by atoms with Crippen molar-refractivity contribution in [1.29, 1.82) is 0 Å². The van der Waals surface area contributed by atoms with Gasteiger partial charge in [-0.25, -0.2) is 18.2 Å². The summed E-state index contributed by atoms with van der Waals surface area (Å²) in [6.07, 6.45) is 0. The first-order valence-electron chi connectivity index (χ1n) is 12.9. The highest BCUT2D eigenvalue weighted by Gasteiger charge is 2.23. The molecule has 1 aromatic heterocycles. The fourth-order valence-electron chi connectivity index (χ4n) is 4.95. The van der Waals surface area contributed by atoms with Crippen molar-refractivity contribution < 1.29 is 18.3 Å². The zero-order chi connectivity index (χ0) is 27.9. The molecule has 1 aliphatic heterocycles. The zero-order valence-corrected chi connectivity index (χ0v) is 27.0. The Labute approximate surface area is 265 Å². The van der Waals surface area contributed by atoms with Crippen molar-refractivity contribution in [2.75, 3.05) is 40.7 Å². The lowest BCUT2D eigenvalue weighted by Gasteiger charge is -2.37. The molecule has 0 saturated carbocycles. The number of hydrogen-bond donors (Lipinski definition) is 2. The Bertz CT molecular complexity index is 1710. The topological polar surface area (TPSA) is 103 Å². The highest BCUT2D eigenvalue weighted by atomic mass is 35.5. The molecule has 1 saturated heterocycles. The average Bonchev–Trinajstić information content (AvgIpc) is 2.90. The average molecular weight is 654 g/mol. The van der Waals surface area contributed by atoms with Crippen LogP contribution >= 0.6 is 37.2 Å². The molecule has 1 aliphatic rings. The molecule has 0 amide bonds.